The zero-order valence-corrected chi connectivity index (χ0v) is 7.25. The lowest BCUT2D eigenvalue weighted by Crippen LogP contribution is -2.46. The van der Waals surface area contributed by atoms with Crippen LogP contribution in [0.3, 0.4) is 0 Å². The quantitative estimate of drug-likeness (QED) is 0.632. The first-order valence-electron chi connectivity index (χ1n) is 3.66. The number of likely N-dealkylation sites (N-methyl/N-ethyl adjacent to an activating group) is 1. The Balaban J connectivity index is 3.38. The monoisotopic (exact) mass is 166 g/mol. The molecule has 0 radical (unpaired) electrons. The van der Waals surface area contributed by atoms with E-state index < -0.39 is 6.43 Å². The fourth-order valence-electron chi connectivity index (χ4n) is 0.582. The van der Waals surface area contributed by atoms with Crippen LogP contribution < -0.4 is 10.6 Å². The maximum absolute atomic E-state index is 11.6. The Labute approximate surface area is 66.4 Å². The van der Waals surface area contributed by atoms with Gasteiger partial charge in [-0.15, -0.1) is 0 Å². The molecule has 0 aromatic heterocycles. The highest BCUT2D eigenvalue weighted by atomic mass is 19.3. The zero-order chi connectivity index (χ0) is 8.91. The molecular weight excluding hydrogens is 150 g/mol. The van der Waals surface area contributed by atoms with Crippen molar-refractivity contribution in [2.45, 2.75) is 25.8 Å². The molecule has 0 spiro atoms. The standard InChI is InChI=1S/C7H16F2N2/c1-7(2,10-3)5-11-4-6(8)9/h6,10-11H,4-5H2,1-3H3. The second-order valence-electron chi connectivity index (χ2n) is 3.16. The molecule has 11 heavy (non-hydrogen) atoms. The molecule has 0 aromatic rings. The normalized spacial score (nSPS) is 12.5. The molecule has 2 nitrogen and oxygen atoms in total. The molecule has 0 fully saturated rings. The Hall–Kier alpha value is -0.220. The maximum atomic E-state index is 11.6. The van der Waals surface area contributed by atoms with Gasteiger partial charge in [0, 0.05) is 12.1 Å². The van der Waals surface area contributed by atoms with Crippen molar-refractivity contribution >= 4 is 0 Å². The van der Waals surface area contributed by atoms with Crippen LogP contribution in [0.4, 0.5) is 8.78 Å². The second kappa shape index (κ2) is 4.62. The van der Waals surface area contributed by atoms with Gasteiger partial charge in [0.05, 0.1) is 6.54 Å². The van der Waals surface area contributed by atoms with E-state index in [4.69, 9.17) is 0 Å². The van der Waals surface area contributed by atoms with Crippen LogP contribution in [0.15, 0.2) is 0 Å². The van der Waals surface area contributed by atoms with Crippen molar-refractivity contribution in [1.29, 1.82) is 0 Å². The Kier molecular flexibility index (Phi) is 4.52. The molecule has 0 aliphatic carbocycles. The van der Waals surface area contributed by atoms with E-state index in [9.17, 15) is 8.78 Å². The molecule has 0 bridgehead atoms. The van der Waals surface area contributed by atoms with E-state index >= 15 is 0 Å². The van der Waals surface area contributed by atoms with Gasteiger partial charge in [-0.05, 0) is 20.9 Å². The van der Waals surface area contributed by atoms with Crippen LogP contribution in [0.2, 0.25) is 0 Å². The second-order valence-corrected chi connectivity index (χ2v) is 3.16. The van der Waals surface area contributed by atoms with Gasteiger partial charge in [0.2, 0.25) is 0 Å². The average Bonchev–Trinajstić information content (AvgIpc) is 1.87. The fraction of sp³-hybridized carbons (Fsp3) is 1.00. The van der Waals surface area contributed by atoms with Crippen molar-refractivity contribution in [3.8, 4) is 0 Å². The molecule has 4 heteroatoms. The van der Waals surface area contributed by atoms with Crippen LogP contribution in [0.25, 0.3) is 0 Å². The molecule has 2 N–H and O–H groups in total. The lowest BCUT2D eigenvalue weighted by atomic mass is 10.1. The van der Waals surface area contributed by atoms with Gasteiger partial charge in [0.1, 0.15) is 0 Å². The van der Waals surface area contributed by atoms with Crippen LogP contribution in [-0.4, -0.2) is 32.1 Å². The minimum absolute atomic E-state index is 0.116. The molecule has 0 amide bonds. The summed E-state index contributed by atoms with van der Waals surface area (Å²) < 4.78 is 23.3. The Morgan fingerprint density at radius 3 is 2.27 bits per heavy atom. The zero-order valence-electron chi connectivity index (χ0n) is 7.25. The summed E-state index contributed by atoms with van der Waals surface area (Å²) in [6.45, 7) is 4.22. The lowest BCUT2D eigenvalue weighted by molar-refractivity contribution is 0.143. The molecule has 0 heterocycles. The van der Waals surface area contributed by atoms with E-state index in [0.717, 1.165) is 0 Å². The van der Waals surface area contributed by atoms with Gasteiger partial charge in [-0.25, -0.2) is 8.78 Å². The van der Waals surface area contributed by atoms with Crippen LogP contribution in [0.1, 0.15) is 13.8 Å². The first-order valence-corrected chi connectivity index (χ1v) is 3.66. The van der Waals surface area contributed by atoms with Crippen molar-refractivity contribution in [3.05, 3.63) is 0 Å². The molecular formula is C7H16F2N2. The minimum Gasteiger partial charge on any atom is -0.314 e. The third-order valence-electron chi connectivity index (χ3n) is 1.54. The predicted octanol–water partition coefficient (Wildman–Crippen LogP) is 0.839. The van der Waals surface area contributed by atoms with Crippen molar-refractivity contribution in [2.75, 3.05) is 20.1 Å². The van der Waals surface area contributed by atoms with Crippen LogP contribution in [0, 0.1) is 0 Å². The Bertz CT molecular complexity index is 105. The van der Waals surface area contributed by atoms with Gasteiger partial charge in [-0.3, -0.25) is 0 Å². The molecule has 0 atom stereocenters. The van der Waals surface area contributed by atoms with E-state index in [1.165, 1.54) is 0 Å². The van der Waals surface area contributed by atoms with Gasteiger partial charge in [0.15, 0.2) is 0 Å². The highest BCUT2D eigenvalue weighted by Crippen LogP contribution is 1.98. The third-order valence-corrected chi connectivity index (χ3v) is 1.54. The van der Waals surface area contributed by atoms with Crippen LogP contribution in [-0.2, 0) is 0 Å². The lowest BCUT2D eigenvalue weighted by Gasteiger charge is -2.24. The summed E-state index contributed by atoms with van der Waals surface area (Å²) >= 11 is 0. The summed E-state index contributed by atoms with van der Waals surface area (Å²) in [6.07, 6.45) is -2.26. The van der Waals surface area contributed by atoms with Crippen molar-refractivity contribution in [3.63, 3.8) is 0 Å². The first kappa shape index (κ1) is 10.8. The van der Waals surface area contributed by atoms with Crippen LogP contribution >= 0.6 is 0 Å². The third kappa shape index (κ3) is 6.19. The van der Waals surface area contributed by atoms with E-state index in [2.05, 4.69) is 10.6 Å². The molecule has 0 rings (SSSR count). The molecule has 0 aromatic carbocycles. The highest BCUT2D eigenvalue weighted by Gasteiger charge is 2.14. The van der Waals surface area contributed by atoms with Gasteiger partial charge >= 0.3 is 0 Å². The highest BCUT2D eigenvalue weighted by molar-refractivity contribution is 4.77. The number of nitrogens with one attached hydrogen (secondary N) is 2. The number of rotatable bonds is 5. The number of halogens is 2. The minimum atomic E-state index is -2.26. The largest absolute Gasteiger partial charge is 0.314 e. The summed E-state index contributed by atoms with van der Waals surface area (Å²) in [5.41, 5.74) is -0.116. The first-order chi connectivity index (χ1) is 4.98. The summed E-state index contributed by atoms with van der Waals surface area (Å²) in [5, 5.41) is 5.67. The summed E-state index contributed by atoms with van der Waals surface area (Å²) in [7, 11) is 1.81. The van der Waals surface area contributed by atoms with Crippen molar-refractivity contribution in [1.82, 2.24) is 10.6 Å². The topological polar surface area (TPSA) is 24.1 Å². The molecule has 0 saturated carbocycles. The maximum Gasteiger partial charge on any atom is 0.250 e. The van der Waals surface area contributed by atoms with Crippen LogP contribution in [0.5, 0.6) is 0 Å². The number of hydrogen-bond donors (Lipinski definition) is 2. The molecule has 0 aliphatic heterocycles. The fourth-order valence-corrected chi connectivity index (χ4v) is 0.582. The van der Waals surface area contributed by atoms with Gasteiger partial charge in [-0.2, -0.15) is 0 Å². The average molecular weight is 166 g/mol. The summed E-state index contributed by atoms with van der Waals surface area (Å²) in [6, 6.07) is 0. The Morgan fingerprint density at radius 2 is 1.91 bits per heavy atom. The number of alkyl halides is 2. The SMILES string of the molecule is CNC(C)(C)CNCC(F)F. The molecule has 0 saturated heterocycles. The smallest absolute Gasteiger partial charge is 0.250 e. The van der Waals surface area contributed by atoms with Gasteiger partial charge < -0.3 is 10.6 Å². The van der Waals surface area contributed by atoms with E-state index in [1.807, 2.05) is 20.9 Å². The van der Waals surface area contributed by atoms with Gasteiger partial charge in [0.25, 0.3) is 6.43 Å². The number of hydrogen-bond acceptors (Lipinski definition) is 2. The van der Waals surface area contributed by atoms with Crippen molar-refractivity contribution < 1.29 is 8.78 Å². The molecule has 0 aliphatic rings. The summed E-state index contributed by atoms with van der Waals surface area (Å²) in [4.78, 5) is 0. The Morgan fingerprint density at radius 1 is 1.36 bits per heavy atom. The van der Waals surface area contributed by atoms with E-state index in [0.29, 0.717) is 6.54 Å². The van der Waals surface area contributed by atoms with E-state index in [-0.39, 0.29) is 12.1 Å². The molecule has 68 valence electrons. The predicted molar refractivity (Wildman–Crippen MR) is 42.0 cm³/mol. The molecule has 0 unspecified atom stereocenters. The van der Waals surface area contributed by atoms with Gasteiger partial charge in [-0.1, -0.05) is 0 Å². The summed E-state index contributed by atoms with van der Waals surface area (Å²) in [5.74, 6) is 0. The van der Waals surface area contributed by atoms with Crippen molar-refractivity contribution in [2.24, 2.45) is 0 Å². The van der Waals surface area contributed by atoms with E-state index in [1.54, 1.807) is 0 Å².